The van der Waals surface area contributed by atoms with Crippen molar-refractivity contribution in [2.24, 2.45) is 0 Å². The summed E-state index contributed by atoms with van der Waals surface area (Å²) >= 11 is 2.87. The molecule has 1 aromatic carbocycles. The van der Waals surface area contributed by atoms with E-state index in [0.29, 0.717) is 28.5 Å². The van der Waals surface area contributed by atoms with E-state index in [4.69, 9.17) is 0 Å². The highest BCUT2D eigenvalue weighted by molar-refractivity contribution is 7.98. The van der Waals surface area contributed by atoms with Gasteiger partial charge in [-0.3, -0.25) is 9.59 Å². The highest BCUT2D eigenvalue weighted by atomic mass is 32.2. The Hall–Kier alpha value is -1.86. The Kier molecular flexibility index (Phi) is 7.09. The van der Waals surface area contributed by atoms with Gasteiger partial charge in [0.15, 0.2) is 0 Å². The summed E-state index contributed by atoms with van der Waals surface area (Å²) in [6.07, 6.45) is 0. The first-order valence-corrected chi connectivity index (χ1v) is 9.10. The van der Waals surface area contributed by atoms with Crippen LogP contribution in [0.5, 0.6) is 0 Å². The van der Waals surface area contributed by atoms with Crippen molar-refractivity contribution in [1.82, 2.24) is 10.6 Å². The largest absolute Gasteiger partial charge is 0.354 e. The van der Waals surface area contributed by atoms with Gasteiger partial charge in [-0.1, -0.05) is 24.3 Å². The number of thioether (sulfide) groups is 1. The lowest BCUT2D eigenvalue weighted by atomic mass is 10.2. The SMILES string of the molecule is O=C(CNC(=O)c1cccs1)NCCSCc1ccccc1F. The molecular formula is C16H17FN2O2S2. The molecular weight excluding hydrogens is 335 g/mol. The summed E-state index contributed by atoms with van der Waals surface area (Å²) < 4.78 is 13.4. The van der Waals surface area contributed by atoms with E-state index in [0.717, 1.165) is 0 Å². The third-order valence-corrected chi connectivity index (χ3v) is 4.81. The van der Waals surface area contributed by atoms with E-state index in [1.165, 1.54) is 17.4 Å². The van der Waals surface area contributed by atoms with Crippen molar-refractivity contribution in [2.75, 3.05) is 18.8 Å². The van der Waals surface area contributed by atoms with Crippen molar-refractivity contribution >= 4 is 34.9 Å². The van der Waals surface area contributed by atoms with Crippen LogP contribution < -0.4 is 10.6 Å². The van der Waals surface area contributed by atoms with Gasteiger partial charge in [0.1, 0.15) is 5.82 Å². The first-order chi connectivity index (χ1) is 11.2. The summed E-state index contributed by atoms with van der Waals surface area (Å²) in [5.74, 6) is 0.558. The van der Waals surface area contributed by atoms with Crippen LogP contribution in [0.4, 0.5) is 4.39 Å². The van der Waals surface area contributed by atoms with Gasteiger partial charge in [-0.05, 0) is 23.1 Å². The summed E-state index contributed by atoms with van der Waals surface area (Å²) in [7, 11) is 0. The zero-order chi connectivity index (χ0) is 16.5. The summed E-state index contributed by atoms with van der Waals surface area (Å²) in [6, 6.07) is 10.1. The van der Waals surface area contributed by atoms with Crippen LogP contribution in [-0.2, 0) is 10.5 Å². The minimum Gasteiger partial charge on any atom is -0.354 e. The van der Waals surface area contributed by atoms with Crippen molar-refractivity contribution in [2.45, 2.75) is 5.75 Å². The zero-order valence-electron chi connectivity index (χ0n) is 12.4. The Morgan fingerprint density at radius 3 is 2.70 bits per heavy atom. The molecule has 122 valence electrons. The number of rotatable bonds is 8. The lowest BCUT2D eigenvalue weighted by Crippen LogP contribution is -2.37. The number of carbonyl (C=O) groups is 2. The minimum atomic E-state index is -0.246. The lowest BCUT2D eigenvalue weighted by Gasteiger charge is -2.07. The van der Waals surface area contributed by atoms with E-state index in [2.05, 4.69) is 10.6 Å². The number of thiophene rings is 1. The van der Waals surface area contributed by atoms with Crippen LogP contribution in [0.25, 0.3) is 0 Å². The molecule has 1 aromatic heterocycles. The van der Waals surface area contributed by atoms with Gasteiger partial charge in [-0.15, -0.1) is 11.3 Å². The fourth-order valence-electron chi connectivity index (χ4n) is 1.78. The summed E-state index contributed by atoms with van der Waals surface area (Å²) in [4.78, 5) is 23.8. The molecule has 0 spiro atoms. The Balaban J connectivity index is 1.56. The summed E-state index contributed by atoms with van der Waals surface area (Å²) in [5, 5.41) is 7.09. The molecule has 0 fully saturated rings. The first-order valence-electron chi connectivity index (χ1n) is 7.06. The van der Waals surface area contributed by atoms with Crippen molar-refractivity contribution in [3.8, 4) is 0 Å². The van der Waals surface area contributed by atoms with Crippen LogP contribution in [0.15, 0.2) is 41.8 Å². The Morgan fingerprint density at radius 1 is 1.13 bits per heavy atom. The second-order valence-corrected chi connectivity index (χ2v) is 6.71. The second-order valence-electron chi connectivity index (χ2n) is 4.65. The molecule has 0 unspecified atom stereocenters. The minimum absolute atomic E-state index is 0.0469. The smallest absolute Gasteiger partial charge is 0.261 e. The third kappa shape index (κ3) is 6.03. The number of benzene rings is 1. The summed E-state index contributed by atoms with van der Waals surface area (Å²) in [6.45, 7) is 0.432. The number of amides is 2. The van der Waals surface area contributed by atoms with Gasteiger partial charge < -0.3 is 10.6 Å². The predicted octanol–water partition coefficient (Wildman–Crippen LogP) is 2.67. The molecule has 0 aliphatic heterocycles. The fraction of sp³-hybridized carbons (Fsp3) is 0.250. The Morgan fingerprint density at radius 2 is 1.96 bits per heavy atom. The van der Waals surface area contributed by atoms with Gasteiger partial charge in [-0.25, -0.2) is 4.39 Å². The van der Waals surface area contributed by atoms with E-state index >= 15 is 0 Å². The molecule has 1 heterocycles. The van der Waals surface area contributed by atoms with Crippen LogP contribution >= 0.6 is 23.1 Å². The molecule has 4 nitrogen and oxygen atoms in total. The maximum absolute atomic E-state index is 13.4. The molecule has 0 saturated heterocycles. The molecule has 0 aliphatic rings. The van der Waals surface area contributed by atoms with E-state index in [-0.39, 0.29) is 24.2 Å². The van der Waals surface area contributed by atoms with Gasteiger partial charge in [0.25, 0.3) is 5.91 Å². The molecule has 0 atom stereocenters. The molecule has 7 heteroatoms. The average Bonchev–Trinajstić information content (AvgIpc) is 3.08. The van der Waals surface area contributed by atoms with Crippen LogP contribution in [0.2, 0.25) is 0 Å². The first kappa shape index (κ1) is 17.5. The summed E-state index contributed by atoms with van der Waals surface area (Å²) in [5.41, 5.74) is 0.659. The van der Waals surface area contributed by atoms with Gasteiger partial charge in [0.2, 0.25) is 5.91 Å². The maximum Gasteiger partial charge on any atom is 0.261 e. The number of halogens is 1. The molecule has 0 radical (unpaired) electrons. The van der Waals surface area contributed by atoms with Crippen molar-refractivity contribution in [1.29, 1.82) is 0 Å². The Bertz CT molecular complexity index is 647. The topological polar surface area (TPSA) is 58.2 Å². The predicted molar refractivity (Wildman–Crippen MR) is 92.2 cm³/mol. The quantitative estimate of drug-likeness (QED) is 0.718. The number of nitrogens with one attached hydrogen (secondary N) is 2. The maximum atomic E-state index is 13.4. The van der Waals surface area contributed by atoms with Gasteiger partial charge >= 0.3 is 0 Å². The standard InChI is InChI=1S/C16H17FN2O2S2/c17-13-5-2-1-4-12(13)11-22-9-7-18-15(20)10-19-16(21)14-6-3-8-23-14/h1-6,8H,7,9-11H2,(H,18,20)(H,19,21). The molecule has 2 amide bonds. The highest BCUT2D eigenvalue weighted by Crippen LogP contribution is 2.14. The Labute approximate surface area is 142 Å². The van der Waals surface area contributed by atoms with Crippen LogP contribution in [0, 0.1) is 5.82 Å². The van der Waals surface area contributed by atoms with Crippen LogP contribution in [0.1, 0.15) is 15.2 Å². The monoisotopic (exact) mass is 352 g/mol. The van der Waals surface area contributed by atoms with E-state index in [1.807, 2.05) is 5.38 Å². The van der Waals surface area contributed by atoms with Crippen molar-refractivity contribution < 1.29 is 14.0 Å². The van der Waals surface area contributed by atoms with Crippen LogP contribution in [-0.4, -0.2) is 30.7 Å². The fourth-order valence-corrected chi connectivity index (χ4v) is 3.26. The van der Waals surface area contributed by atoms with Crippen LogP contribution in [0.3, 0.4) is 0 Å². The van der Waals surface area contributed by atoms with Gasteiger partial charge in [0, 0.05) is 18.1 Å². The van der Waals surface area contributed by atoms with Gasteiger partial charge in [0.05, 0.1) is 11.4 Å². The molecule has 0 saturated carbocycles. The average molecular weight is 352 g/mol. The van der Waals surface area contributed by atoms with Crippen molar-refractivity contribution in [3.05, 3.63) is 58.0 Å². The number of hydrogen-bond donors (Lipinski definition) is 2. The van der Waals surface area contributed by atoms with E-state index in [1.54, 1.807) is 42.1 Å². The third-order valence-electron chi connectivity index (χ3n) is 2.94. The molecule has 2 rings (SSSR count). The molecule has 2 aromatic rings. The van der Waals surface area contributed by atoms with E-state index < -0.39 is 0 Å². The molecule has 0 aliphatic carbocycles. The normalized spacial score (nSPS) is 10.3. The van der Waals surface area contributed by atoms with E-state index in [9.17, 15) is 14.0 Å². The second kappa shape index (κ2) is 9.32. The highest BCUT2D eigenvalue weighted by Gasteiger charge is 2.08. The molecule has 23 heavy (non-hydrogen) atoms. The molecule has 0 bridgehead atoms. The van der Waals surface area contributed by atoms with Gasteiger partial charge in [-0.2, -0.15) is 11.8 Å². The van der Waals surface area contributed by atoms with Crippen molar-refractivity contribution in [3.63, 3.8) is 0 Å². The lowest BCUT2D eigenvalue weighted by molar-refractivity contribution is -0.120. The number of hydrogen-bond acceptors (Lipinski definition) is 4. The molecule has 2 N–H and O–H groups in total. The number of carbonyl (C=O) groups excluding carboxylic acids is 2. The zero-order valence-corrected chi connectivity index (χ0v) is 14.0.